The Morgan fingerprint density at radius 3 is 2.36 bits per heavy atom. The number of carbonyl (C=O) groups is 1. The zero-order valence-electron chi connectivity index (χ0n) is 6.80. The number of hydrogen-bond donors (Lipinski definition) is 2. The first-order chi connectivity index (χ1) is 5.04. The van der Waals surface area contributed by atoms with Crippen LogP contribution in [-0.2, 0) is 4.79 Å². The molecule has 1 rings (SSSR count). The van der Waals surface area contributed by atoms with Crippen molar-refractivity contribution >= 4 is 11.5 Å². The van der Waals surface area contributed by atoms with Crippen molar-refractivity contribution < 1.29 is 14.9 Å². The molecule has 11 heavy (non-hydrogen) atoms. The van der Waals surface area contributed by atoms with E-state index in [2.05, 4.69) is 5.10 Å². The topological polar surface area (TPSA) is 54.1 Å². The fourth-order valence-electron chi connectivity index (χ4n) is 1.13. The van der Waals surface area contributed by atoms with Gasteiger partial charge in [0.1, 0.15) is 5.71 Å². The van der Waals surface area contributed by atoms with Crippen LogP contribution < -0.4 is 5.01 Å². The molecule has 1 atom stereocenters. The van der Waals surface area contributed by atoms with Crippen LogP contribution in [0.5, 0.6) is 0 Å². The third-order valence-electron chi connectivity index (χ3n) is 1.63. The van der Waals surface area contributed by atoms with Crippen molar-refractivity contribution in [3.63, 3.8) is 0 Å². The van der Waals surface area contributed by atoms with E-state index >= 15 is 0 Å². The van der Waals surface area contributed by atoms with Crippen LogP contribution in [0, 0.1) is 0 Å². The quantitative estimate of drug-likeness (QED) is 0.523. The zero-order valence-corrected chi connectivity index (χ0v) is 6.80. The summed E-state index contributed by atoms with van der Waals surface area (Å²) in [5, 5.41) is 13.9. The maximum absolute atomic E-state index is 10.9. The van der Waals surface area contributed by atoms with Gasteiger partial charge in [0.25, 0.3) is 0 Å². The van der Waals surface area contributed by atoms with E-state index in [4.69, 9.17) is 0 Å². The van der Waals surface area contributed by atoms with Crippen molar-refractivity contribution in [1.29, 1.82) is 0 Å². The van der Waals surface area contributed by atoms with Crippen molar-refractivity contribution in [2.75, 3.05) is 7.05 Å². The van der Waals surface area contributed by atoms with Gasteiger partial charge in [-0.2, -0.15) is 5.01 Å². The number of rotatable bonds is 1. The number of ketones is 1. The van der Waals surface area contributed by atoms with Crippen LogP contribution in [0.2, 0.25) is 0 Å². The Kier molecular flexibility index (Phi) is 1.78. The first-order valence-corrected chi connectivity index (χ1v) is 3.37. The van der Waals surface area contributed by atoms with Gasteiger partial charge in [-0.3, -0.25) is 4.79 Å². The highest BCUT2D eigenvalue weighted by Gasteiger charge is 2.29. The summed E-state index contributed by atoms with van der Waals surface area (Å²) in [6.45, 7) is 3.10. The molecule has 0 aliphatic carbocycles. The predicted octanol–water partition coefficient (Wildman–Crippen LogP) is -0.751. The standard InChI is InChI=1S/C7H10N2O2/c1-4-7(11)6(5(2)10)9(3)8-4/h11H,1-3H3/p+1. The smallest absolute Gasteiger partial charge is 0.244 e. The van der Waals surface area contributed by atoms with Gasteiger partial charge in [-0.25, -0.2) is 0 Å². The normalized spacial score (nSPS) is 23.9. The Morgan fingerprint density at radius 2 is 2.18 bits per heavy atom. The number of hydrogen-bond acceptors (Lipinski definition) is 3. The summed E-state index contributed by atoms with van der Waals surface area (Å²) < 4.78 is 0. The average Bonchev–Trinajstić information content (AvgIpc) is 2.07. The minimum absolute atomic E-state index is 0.0231. The molecule has 1 aliphatic heterocycles. The Morgan fingerprint density at radius 1 is 1.64 bits per heavy atom. The van der Waals surface area contributed by atoms with Gasteiger partial charge in [0.05, 0.1) is 7.05 Å². The van der Waals surface area contributed by atoms with E-state index in [1.165, 1.54) is 6.92 Å². The van der Waals surface area contributed by atoms with E-state index < -0.39 is 0 Å². The Bertz CT molecular complexity index is 266. The Hall–Kier alpha value is -1.16. The first-order valence-electron chi connectivity index (χ1n) is 3.37. The maximum atomic E-state index is 10.9. The molecule has 0 bridgehead atoms. The van der Waals surface area contributed by atoms with Gasteiger partial charge in [0, 0.05) is 6.92 Å². The third-order valence-corrected chi connectivity index (χ3v) is 1.63. The SMILES string of the molecule is CC(=O)C1=C(O)C(C)=N[NH+]1C. The number of carbonyl (C=O) groups excluding carboxylic acids is 1. The van der Waals surface area contributed by atoms with Gasteiger partial charge < -0.3 is 5.11 Å². The van der Waals surface area contributed by atoms with Crippen molar-refractivity contribution in [3.8, 4) is 0 Å². The summed E-state index contributed by atoms with van der Waals surface area (Å²) >= 11 is 0. The molecule has 0 saturated heterocycles. The molecule has 0 aromatic heterocycles. The molecule has 4 nitrogen and oxygen atoms in total. The van der Waals surface area contributed by atoms with Crippen molar-refractivity contribution in [2.45, 2.75) is 13.8 Å². The van der Waals surface area contributed by atoms with E-state index in [0.29, 0.717) is 16.4 Å². The summed E-state index contributed by atoms with van der Waals surface area (Å²) in [5.74, 6) is -0.115. The molecule has 1 aliphatic rings. The van der Waals surface area contributed by atoms with E-state index in [0.717, 1.165) is 0 Å². The van der Waals surface area contributed by atoms with E-state index in [1.807, 2.05) is 0 Å². The lowest BCUT2D eigenvalue weighted by Gasteiger charge is -2.00. The summed E-state index contributed by atoms with van der Waals surface area (Å²) in [6, 6.07) is 0. The van der Waals surface area contributed by atoms with Crippen LogP contribution in [0.4, 0.5) is 0 Å². The third kappa shape index (κ3) is 1.17. The highest BCUT2D eigenvalue weighted by Crippen LogP contribution is 2.02. The second kappa shape index (κ2) is 2.47. The predicted molar refractivity (Wildman–Crippen MR) is 40.3 cm³/mol. The monoisotopic (exact) mass is 155 g/mol. The minimum atomic E-state index is -0.138. The number of aliphatic hydroxyl groups excluding tert-OH is 1. The van der Waals surface area contributed by atoms with Gasteiger partial charge in [-0.15, -0.1) is 0 Å². The lowest BCUT2D eigenvalue weighted by atomic mass is 10.2. The largest absolute Gasteiger partial charge is 0.501 e. The van der Waals surface area contributed by atoms with Gasteiger partial charge in [0.2, 0.25) is 17.2 Å². The second-order valence-corrected chi connectivity index (χ2v) is 2.56. The second-order valence-electron chi connectivity index (χ2n) is 2.56. The van der Waals surface area contributed by atoms with Crippen LogP contribution in [0.3, 0.4) is 0 Å². The maximum Gasteiger partial charge on any atom is 0.244 e. The molecule has 2 N–H and O–H groups in total. The summed E-state index contributed by atoms with van der Waals surface area (Å²) in [5.41, 5.74) is 0.871. The van der Waals surface area contributed by atoms with E-state index in [-0.39, 0.29) is 11.5 Å². The molecule has 0 amide bonds. The molecule has 60 valence electrons. The fourth-order valence-corrected chi connectivity index (χ4v) is 1.13. The molecule has 4 heteroatoms. The number of quaternary nitrogens is 1. The molecular weight excluding hydrogens is 144 g/mol. The van der Waals surface area contributed by atoms with Crippen LogP contribution >= 0.6 is 0 Å². The molecule has 0 aromatic rings. The van der Waals surface area contributed by atoms with Crippen LogP contribution in [0.1, 0.15) is 13.8 Å². The van der Waals surface area contributed by atoms with Crippen LogP contribution in [0.15, 0.2) is 16.6 Å². The molecule has 0 spiro atoms. The van der Waals surface area contributed by atoms with Gasteiger partial charge in [-0.1, -0.05) is 5.10 Å². The minimum Gasteiger partial charge on any atom is -0.501 e. The van der Waals surface area contributed by atoms with Crippen LogP contribution in [-0.4, -0.2) is 23.6 Å². The zero-order chi connectivity index (χ0) is 8.59. The highest BCUT2D eigenvalue weighted by molar-refractivity contribution is 6.05. The first kappa shape index (κ1) is 7.94. The van der Waals surface area contributed by atoms with Crippen LogP contribution in [0.25, 0.3) is 0 Å². The molecule has 0 saturated carbocycles. The lowest BCUT2D eigenvalue weighted by Crippen LogP contribution is -3.02. The number of nitrogens with zero attached hydrogens (tertiary/aromatic N) is 1. The van der Waals surface area contributed by atoms with Gasteiger partial charge in [-0.05, 0) is 6.92 Å². The number of likely N-dealkylation sites (N-methyl/N-ethyl adjacent to an activating group) is 1. The fraction of sp³-hybridized carbons (Fsp3) is 0.429. The average molecular weight is 155 g/mol. The van der Waals surface area contributed by atoms with E-state index in [9.17, 15) is 9.90 Å². The van der Waals surface area contributed by atoms with Crippen molar-refractivity contribution in [3.05, 3.63) is 11.5 Å². The molecule has 0 radical (unpaired) electrons. The van der Waals surface area contributed by atoms with Gasteiger partial charge in [0.15, 0.2) is 0 Å². The highest BCUT2D eigenvalue weighted by atomic mass is 16.3. The lowest BCUT2D eigenvalue weighted by molar-refractivity contribution is -0.839. The molecular formula is C7H11N2O2+. The van der Waals surface area contributed by atoms with Crippen molar-refractivity contribution in [1.82, 2.24) is 0 Å². The summed E-state index contributed by atoms with van der Waals surface area (Å²) in [6.07, 6.45) is 0. The number of aliphatic hydroxyl groups is 1. The number of nitrogens with one attached hydrogen (secondary N) is 1. The Labute approximate surface area is 64.8 Å². The summed E-state index contributed by atoms with van der Waals surface area (Å²) in [7, 11) is 1.71. The van der Waals surface area contributed by atoms with Gasteiger partial charge >= 0.3 is 0 Å². The number of allylic oxidation sites excluding steroid dienone is 2. The molecule has 0 fully saturated rings. The van der Waals surface area contributed by atoms with Crippen molar-refractivity contribution in [2.24, 2.45) is 5.10 Å². The molecule has 0 aromatic carbocycles. The molecule has 1 unspecified atom stereocenters. The summed E-state index contributed by atoms with van der Waals surface area (Å²) in [4.78, 5) is 10.9. The Balaban J connectivity index is 3.07. The van der Waals surface area contributed by atoms with E-state index in [1.54, 1.807) is 14.0 Å². The number of Topliss-reactive ketones (excluding diaryl/α,β-unsaturated/α-hetero) is 1. The molecule has 1 heterocycles.